The number of hydrogen-bond acceptors (Lipinski definition) is 4. The van der Waals surface area contributed by atoms with Crippen LogP contribution in [-0.4, -0.2) is 19.0 Å². The van der Waals surface area contributed by atoms with Crippen molar-refractivity contribution in [2.45, 2.75) is 20.3 Å². The normalized spacial score (nSPS) is 16.5. The van der Waals surface area contributed by atoms with Crippen LogP contribution in [0.1, 0.15) is 45.9 Å². The van der Waals surface area contributed by atoms with Crippen LogP contribution in [0.25, 0.3) is 21.4 Å². The van der Waals surface area contributed by atoms with Crippen LogP contribution in [0.4, 0.5) is 0 Å². The van der Waals surface area contributed by atoms with Gasteiger partial charge in [-0.25, -0.2) is 0 Å². The van der Waals surface area contributed by atoms with Crippen LogP contribution < -0.4 is 15.9 Å². The first kappa shape index (κ1) is 32.1. The van der Waals surface area contributed by atoms with Crippen molar-refractivity contribution < 1.29 is 27.5 Å². The average molecular weight is 843 g/mol. The predicted molar refractivity (Wildman–Crippen MR) is 199 cm³/mol. The topological polar surface area (TPSA) is 26.3 Å². The molecule has 2 aromatic heterocycles. The molecule has 5 aromatic rings. The molecular formula is C41H33O2OsPS2+. The van der Waals surface area contributed by atoms with Crippen molar-refractivity contribution in [1.82, 2.24) is 0 Å². The van der Waals surface area contributed by atoms with Gasteiger partial charge in [-0.05, 0) is 0 Å². The Kier molecular flexibility index (Phi) is 9.50. The van der Waals surface area contributed by atoms with Gasteiger partial charge < -0.3 is 0 Å². The van der Waals surface area contributed by atoms with E-state index in [1.807, 2.05) is 19.1 Å². The third-order valence-electron chi connectivity index (χ3n) is 8.58. The van der Waals surface area contributed by atoms with Gasteiger partial charge in [-0.15, -0.1) is 0 Å². The van der Waals surface area contributed by atoms with Crippen molar-refractivity contribution in [3.8, 4) is 14.1 Å². The van der Waals surface area contributed by atoms with Gasteiger partial charge >= 0.3 is 297 Å². The number of carbonyl (C=O) groups excluding carboxylic acids is 1. The summed E-state index contributed by atoms with van der Waals surface area (Å²) in [6.07, 6.45) is 9.69. The van der Waals surface area contributed by atoms with Gasteiger partial charge in [0, 0.05) is 0 Å². The van der Waals surface area contributed by atoms with E-state index in [4.69, 9.17) is 4.74 Å². The molecule has 1 aliphatic heterocycles. The first-order chi connectivity index (χ1) is 23.1. The maximum atomic E-state index is 13.8. The Hall–Kier alpha value is -3.50. The summed E-state index contributed by atoms with van der Waals surface area (Å²) in [7, 11) is -2.47. The van der Waals surface area contributed by atoms with E-state index in [1.165, 1.54) is 32.4 Å². The molecule has 0 bridgehead atoms. The molecular weight excluding hydrogens is 810 g/mol. The molecule has 7 rings (SSSR count). The van der Waals surface area contributed by atoms with Crippen molar-refractivity contribution in [3.05, 3.63) is 159 Å². The summed E-state index contributed by atoms with van der Waals surface area (Å²) in [5, 5.41) is 4.98. The van der Waals surface area contributed by atoms with Gasteiger partial charge in [0.2, 0.25) is 0 Å². The zero-order chi connectivity index (χ0) is 32.4. The first-order valence-corrected chi connectivity index (χ1v) is 20.4. The second kappa shape index (κ2) is 13.9. The van der Waals surface area contributed by atoms with Gasteiger partial charge in [0.15, 0.2) is 0 Å². The molecule has 47 heavy (non-hydrogen) atoms. The number of carbonyl (C=O) groups is 1. The minimum absolute atomic E-state index is 0.121. The second-order valence-electron chi connectivity index (χ2n) is 11.4. The van der Waals surface area contributed by atoms with Gasteiger partial charge in [0.25, 0.3) is 0 Å². The fourth-order valence-electron chi connectivity index (χ4n) is 6.53. The van der Waals surface area contributed by atoms with Crippen LogP contribution in [0.5, 0.6) is 0 Å². The molecule has 0 saturated carbocycles. The average Bonchev–Trinajstić information content (AvgIpc) is 3.89. The first-order valence-electron chi connectivity index (χ1n) is 15.7. The molecule has 1 aliphatic carbocycles. The molecule has 0 spiro atoms. The summed E-state index contributed by atoms with van der Waals surface area (Å²) in [5.74, 6) is 0.121. The number of benzene rings is 3. The predicted octanol–water partition coefficient (Wildman–Crippen LogP) is 9.56. The summed E-state index contributed by atoms with van der Waals surface area (Å²) in [4.78, 5) is 18.2. The van der Waals surface area contributed by atoms with Gasteiger partial charge in [-0.2, -0.15) is 0 Å². The number of hydrogen-bond donors (Lipinski definition) is 0. The van der Waals surface area contributed by atoms with E-state index < -0.39 is 7.26 Å². The van der Waals surface area contributed by atoms with Crippen LogP contribution in [0.15, 0.2) is 138 Å². The Morgan fingerprint density at radius 1 is 0.830 bits per heavy atom. The van der Waals surface area contributed by atoms with E-state index in [2.05, 4.69) is 127 Å². The number of ketones is 1. The quantitative estimate of drug-likeness (QED) is 0.143. The molecule has 0 N–H and O–H groups in total. The van der Waals surface area contributed by atoms with Gasteiger partial charge in [-0.3, -0.25) is 0 Å². The molecule has 2 nitrogen and oxygen atoms in total. The fourth-order valence-corrected chi connectivity index (χ4v) is 14.9. The molecule has 6 heteroatoms. The van der Waals surface area contributed by atoms with Gasteiger partial charge in [-0.1, -0.05) is 0 Å². The summed E-state index contributed by atoms with van der Waals surface area (Å²) < 4.78 is 9.88. The molecule has 0 amide bonds. The summed E-state index contributed by atoms with van der Waals surface area (Å²) in [6.45, 7) is 5.37. The molecule has 3 aromatic carbocycles. The third kappa shape index (κ3) is 5.71. The minimum atomic E-state index is -2.47. The van der Waals surface area contributed by atoms with E-state index in [1.54, 1.807) is 40.6 Å². The number of ether oxygens (including phenoxy) is 1. The second-order valence-corrected chi connectivity index (χ2v) is 17.5. The molecule has 1 saturated heterocycles. The van der Waals surface area contributed by atoms with Gasteiger partial charge in [0.1, 0.15) is 0 Å². The molecule has 2 aliphatic rings. The molecule has 0 radical (unpaired) electrons. The molecule has 1 fully saturated rings. The third-order valence-corrected chi connectivity index (χ3v) is 16.4. The summed E-state index contributed by atoms with van der Waals surface area (Å²) in [6, 6.07) is 37.0. The maximum absolute atomic E-state index is 13.8. The van der Waals surface area contributed by atoms with Crippen LogP contribution >= 0.6 is 29.9 Å². The standard InChI is InChI=1S/C41H33O2PS2.Os/c1-4-15-29-26-43-27-30(29)23-35(38-25-37-39(42)36-24-34(16-5-2)45-40(36)41(37)46-38)28(3)44(31-17-9-6-10-18-31,32-19-11-7-12-20-32)33-21-13-8-14-22-33;/h5-25H,4,26-27H2,1-2H3;/q+1;/b16-5+,29-15?,30-23?,35-28?;. The molecule has 3 heterocycles. The van der Waals surface area contributed by atoms with E-state index >= 15 is 0 Å². The Bertz CT molecular complexity index is 2030. The van der Waals surface area contributed by atoms with Crippen molar-refractivity contribution in [2.24, 2.45) is 0 Å². The number of thiophene rings is 2. The summed E-state index contributed by atoms with van der Waals surface area (Å²) in [5.41, 5.74) is 5.18. The number of rotatable bonds is 8. The Labute approximate surface area is 295 Å². The van der Waals surface area contributed by atoms with Crippen LogP contribution in [0.3, 0.4) is 0 Å². The van der Waals surface area contributed by atoms with Crippen LogP contribution in [0.2, 0.25) is 0 Å². The Morgan fingerprint density at radius 2 is 1.38 bits per heavy atom. The fraction of sp³-hybridized carbons (Fsp3) is 0.122. The van der Waals surface area contributed by atoms with Crippen LogP contribution in [0, 0.1) is 4.37 Å². The molecule has 233 valence electrons. The van der Waals surface area contributed by atoms with Crippen molar-refractivity contribution in [3.63, 3.8) is 0 Å². The van der Waals surface area contributed by atoms with E-state index in [9.17, 15) is 4.79 Å². The Morgan fingerprint density at radius 3 is 1.94 bits per heavy atom. The SMILES string of the molecule is C/C=C/c1cc2c(s1)-c1sc(C(C=C3COCC3=CCC)=C([C]#[Os])[P+](c3ccccc3)(c3ccccc3)c3ccccc3)cc1C2=O. The summed E-state index contributed by atoms with van der Waals surface area (Å²) >= 11 is 5.23. The zero-order valence-corrected chi connectivity index (χ0v) is 31.2. The monoisotopic (exact) mass is 844 g/mol. The van der Waals surface area contributed by atoms with Crippen molar-refractivity contribution in [2.75, 3.05) is 13.2 Å². The van der Waals surface area contributed by atoms with Crippen LogP contribution in [-0.2, 0) is 22.7 Å². The Balaban J connectivity index is 1.59. The zero-order valence-electron chi connectivity index (χ0n) is 26.2. The van der Waals surface area contributed by atoms with Crippen molar-refractivity contribution >= 4 is 63.3 Å². The van der Waals surface area contributed by atoms with E-state index in [0.717, 1.165) is 42.6 Å². The number of fused-ring (bicyclic) bond motifs is 3. The van der Waals surface area contributed by atoms with E-state index in [-0.39, 0.29) is 5.78 Å². The van der Waals surface area contributed by atoms with E-state index in [0.29, 0.717) is 13.2 Å². The number of allylic oxidation sites excluding steroid dienone is 5. The van der Waals surface area contributed by atoms with Crippen molar-refractivity contribution in [1.29, 1.82) is 0 Å². The van der Waals surface area contributed by atoms with Gasteiger partial charge in [0.05, 0.1) is 0 Å². The molecule has 0 unspecified atom stereocenters. The molecule has 0 atom stereocenters.